The van der Waals surface area contributed by atoms with Gasteiger partial charge in [-0.1, -0.05) is 53.5 Å². The molecule has 1 N–H and O–H groups in total. The quantitative estimate of drug-likeness (QED) is 0.593. The lowest BCUT2D eigenvalue weighted by Crippen LogP contribution is -2.46. The first kappa shape index (κ1) is 21.7. The third kappa shape index (κ3) is 5.97. The normalized spacial score (nSPS) is 11.5. The smallest absolute Gasteiger partial charge is 0.254 e. The summed E-state index contributed by atoms with van der Waals surface area (Å²) < 4.78 is 0. The molecule has 146 valence electrons. The summed E-state index contributed by atoms with van der Waals surface area (Å²) >= 11 is 12.1. The number of rotatable bonds is 7. The predicted octanol–water partition coefficient (Wildman–Crippen LogP) is 5.75. The second kappa shape index (κ2) is 9.59. The van der Waals surface area contributed by atoms with Crippen molar-refractivity contribution in [3.8, 4) is 0 Å². The van der Waals surface area contributed by atoms with E-state index < -0.39 is 0 Å². The number of unbranched alkanes of at least 4 members (excludes halogenated alkanes) is 1. The summed E-state index contributed by atoms with van der Waals surface area (Å²) in [5, 5.41) is 10.3. The fourth-order valence-electron chi connectivity index (χ4n) is 3.05. The van der Waals surface area contributed by atoms with Crippen molar-refractivity contribution < 1.29 is 9.90 Å². The van der Waals surface area contributed by atoms with Crippen LogP contribution in [0.5, 0.6) is 0 Å². The number of hydrogen-bond donors (Lipinski definition) is 1. The average Bonchev–Trinajstić information content (AvgIpc) is 2.62. The van der Waals surface area contributed by atoms with Crippen LogP contribution in [0.15, 0.2) is 42.5 Å². The fourth-order valence-corrected chi connectivity index (χ4v) is 3.40. The van der Waals surface area contributed by atoms with Crippen molar-refractivity contribution in [3.63, 3.8) is 0 Å². The predicted molar refractivity (Wildman–Crippen MR) is 113 cm³/mol. The number of nitrogens with zero attached hydrogens (tertiary/aromatic N) is 1. The Balaban J connectivity index is 2.12. The van der Waals surface area contributed by atoms with Gasteiger partial charge in [-0.3, -0.25) is 4.79 Å². The standard InChI is InChI=1S/C22H27Cl2NO2/c1-22(2,3)25(12-8-7-11-16-9-5-4-6-10-16)21(27)18-14-20(24)19(23)13-17(18)15-26/h4-6,9-10,13-14,26H,7-8,11-12,15H2,1-3H3. The van der Waals surface area contributed by atoms with E-state index in [1.807, 2.05) is 43.9 Å². The maximum absolute atomic E-state index is 13.2. The van der Waals surface area contributed by atoms with Crippen molar-refractivity contribution in [1.29, 1.82) is 0 Å². The lowest BCUT2D eigenvalue weighted by Gasteiger charge is -2.36. The average molecular weight is 408 g/mol. The molecule has 0 saturated heterocycles. The largest absolute Gasteiger partial charge is 0.392 e. The molecular weight excluding hydrogens is 381 g/mol. The minimum Gasteiger partial charge on any atom is -0.392 e. The Morgan fingerprint density at radius 2 is 1.67 bits per heavy atom. The second-order valence-electron chi connectivity index (χ2n) is 7.65. The van der Waals surface area contributed by atoms with Crippen molar-refractivity contribution in [2.75, 3.05) is 6.54 Å². The topological polar surface area (TPSA) is 40.5 Å². The zero-order valence-corrected chi connectivity index (χ0v) is 17.6. The lowest BCUT2D eigenvalue weighted by atomic mass is 10.00. The Hall–Kier alpha value is -1.55. The Kier molecular flexibility index (Phi) is 7.72. The molecule has 0 saturated carbocycles. The number of carbonyl (C=O) groups is 1. The SMILES string of the molecule is CC(C)(C)N(CCCCc1ccccc1)C(=O)c1cc(Cl)c(Cl)cc1CO. The van der Waals surface area contributed by atoms with Gasteiger partial charge in [-0.25, -0.2) is 0 Å². The lowest BCUT2D eigenvalue weighted by molar-refractivity contribution is 0.0574. The van der Waals surface area contributed by atoms with Crippen LogP contribution in [0, 0.1) is 0 Å². The highest BCUT2D eigenvalue weighted by molar-refractivity contribution is 6.42. The minimum absolute atomic E-state index is 0.134. The summed E-state index contributed by atoms with van der Waals surface area (Å²) in [7, 11) is 0. The maximum Gasteiger partial charge on any atom is 0.254 e. The van der Waals surface area contributed by atoms with Crippen LogP contribution in [-0.2, 0) is 13.0 Å². The molecular formula is C22H27Cl2NO2. The Labute approximate surface area is 171 Å². The van der Waals surface area contributed by atoms with E-state index in [2.05, 4.69) is 12.1 Å². The van der Waals surface area contributed by atoms with E-state index in [1.165, 1.54) is 5.56 Å². The fraction of sp³-hybridized carbons (Fsp3) is 0.409. The first-order valence-corrected chi connectivity index (χ1v) is 9.94. The van der Waals surface area contributed by atoms with E-state index >= 15 is 0 Å². The van der Waals surface area contributed by atoms with Gasteiger partial charge >= 0.3 is 0 Å². The summed E-state index contributed by atoms with van der Waals surface area (Å²) in [6.07, 6.45) is 2.88. The summed E-state index contributed by atoms with van der Waals surface area (Å²) in [5.74, 6) is -0.134. The minimum atomic E-state index is -0.345. The van der Waals surface area contributed by atoms with Gasteiger partial charge in [0.1, 0.15) is 0 Å². The van der Waals surface area contributed by atoms with Crippen molar-refractivity contribution in [2.45, 2.75) is 52.2 Å². The zero-order valence-electron chi connectivity index (χ0n) is 16.1. The number of carbonyl (C=O) groups excluding carboxylic acids is 1. The molecule has 2 rings (SSSR count). The van der Waals surface area contributed by atoms with Crippen LogP contribution in [0.3, 0.4) is 0 Å². The van der Waals surface area contributed by atoms with Crippen LogP contribution in [-0.4, -0.2) is 28.0 Å². The highest BCUT2D eigenvalue weighted by Gasteiger charge is 2.28. The van der Waals surface area contributed by atoms with Crippen molar-refractivity contribution in [3.05, 3.63) is 69.2 Å². The first-order valence-electron chi connectivity index (χ1n) is 9.18. The van der Waals surface area contributed by atoms with Gasteiger partial charge in [-0.15, -0.1) is 0 Å². The van der Waals surface area contributed by atoms with Gasteiger partial charge in [0.2, 0.25) is 0 Å². The van der Waals surface area contributed by atoms with E-state index in [4.69, 9.17) is 23.2 Å². The van der Waals surface area contributed by atoms with E-state index in [-0.39, 0.29) is 18.1 Å². The second-order valence-corrected chi connectivity index (χ2v) is 8.47. The van der Waals surface area contributed by atoms with Crippen molar-refractivity contribution in [1.82, 2.24) is 4.90 Å². The molecule has 0 spiro atoms. The van der Waals surface area contributed by atoms with Crippen molar-refractivity contribution in [2.24, 2.45) is 0 Å². The molecule has 0 heterocycles. The van der Waals surface area contributed by atoms with Gasteiger partial charge in [0.05, 0.1) is 16.7 Å². The van der Waals surface area contributed by atoms with Crippen LogP contribution in [0.4, 0.5) is 0 Å². The number of halogens is 2. The molecule has 0 fully saturated rings. The summed E-state index contributed by atoms with van der Waals surface area (Å²) in [6.45, 7) is 6.42. The van der Waals surface area contributed by atoms with Crippen LogP contribution in [0.2, 0.25) is 10.0 Å². The van der Waals surface area contributed by atoms with Gasteiger partial charge in [0.15, 0.2) is 0 Å². The molecule has 5 heteroatoms. The van der Waals surface area contributed by atoms with E-state index in [0.29, 0.717) is 27.7 Å². The van der Waals surface area contributed by atoms with Gasteiger partial charge < -0.3 is 10.0 Å². The van der Waals surface area contributed by atoms with Gasteiger partial charge in [0.25, 0.3) is 5.91 Å². The molecule has 2 aromatic rings. The number of benzene rings is 2. The van der Waals surface area contributed by atoms with E-state index in [0.717, 1.165) is 19.3 Å². The number of aryl methyl sites for hydroxylation is 1. The number of aliphatic hydroxyl groups is 1. The van der Waals surface area contributed by atoms with Crippen LogP contribution in [0.25, 0.3) is 0 Å². The number of amides is 1. The monoisotopic (exact) mass is 407 g/mol. The van der Waals surface area contributed by atoms with E-state index in [9.17, 15) is 9.90 Å². The highest BCUT2D eigenvalue weighted by Crippen LogP contribution is 2.28. The number of hydrogen-bond acceptors (Lipinski definition) is 2. The van der Waals surface area contributed by atoms with Crippen LogP contribution >= 0.6 is 23.2 Å². The van der Waals surface area contributed by atoms with Crippen molar-refractivity contribution >= 4 is 29.1 Å². The maximum atomic E-state index is 13.2. The summed E-state index contributed by atoms with van der Waals surface area (Å²) in [6, 6.07) is 13.5. The molecule has 0 aliphatic rings. The third-order valence-electron chi connectivity index (χ3n) is 4.54. The molecule has 0 aromatic heterocycles. The van der Waals surface area contributed by atoms with Crippen LogP contribution in [0.1, 0.15) is 55.1 Å². The Bertz CT molecular complexity index is 770. The zero-order chi connectivity index (χ0) is 20.0. The van der Waals surface area contributed by atoms with Gasteiger partial charge in [-0.05, 0) is 63.3 Å². The summed E-state index contributed by atoms with van der Waals surface area (Å²) in [5.41, 5.74) is 1.86. The molecule has 0 radical (unpaired) electrons. The highest BCUT2D eigenvalue weighted by atomic mass is 35.5. The Morgan fingerprint density at radius 3 is 2.26 bits per heavy atom. The third-order valence-corrected chi connectivity index (χ3v) is 5.26. The van der Waals surface area contributed by atoms with Gasteiger partial charge in [-0.2, -0.15) is 0 Å². The molecule has 0 atom stereocenters. The Morgan fingerprint density at radius 1 is 1.04 bits per heavy atom. The molecule has 27 heavy (non-hydrogen) atoms. The number of aliphatic hydroxyl groups excluding tert-OH is 1. The molecule has 1 amide bonds. The molecule has 0 bridgehead atoms. The van der Waals surface area contributed by atoms with E-state index in [1.54, 1.807) is 12.1 Å². The molecule has 0 unspecified atom stereocenters. The first-order chi connectivity index (χ1) is 12.7. The molecule has 0 aliphatic heterocycles. The summed E-state index contributed by atoms with van der Waals surface area (Å²) in [4.78, 5) is 15.1. The van der Waals surface area contributed by atoms with Gasteiger partial charge in [0, 0.05) is 17.6 Å². The molecule has 2 aromatic carbocycles. The molecule has 3 nitrogen and oxygen atoms in total. The van der Waals surface area contributed by atoms with Crippen LogP contribution < -0.4 is 0 Å². The molecule has 0 aliphatic carbocycles.